The molecule has 1 amide bonds. The summed E-state index contributed by atoms with van der Waals surface area (Å²) < 4.78 is 32.0. The van der Waals surface area contributed by atoms with Crippen molar-refractivity contribution in [3.05, 3.63) is 70.8 Å². The third-order valence-corrected chi connectivity index (χ3v) is 3.54. The van der Waals surface area contributed by atoms with Crippen LogP contribution in [0.25, 0.3) is 10.9 Å². The maximum Gasteiger partial charge on any atom is 0.326 e. The van der Waals surface area contributed by atoms with Gasteiger partial charge in [-0.3, -0.25) is 19.0 Å². The molecule has 0 aliphatic carbocycles. The predicted molar refractivity (Wildman–Crippen MR) is 91.9 cm³/mol. The second-order valence-electron chi connectivity index (χ2n) is 5.56. The minimum Gasteiger partial charge on any atom is -0.454 e. The van der Waals surface area contributed by atoms with Gasteiger partial charge in [0.05, 0.1) is 17.2 Å². The number of aromatic nitrogens is 2. The second-order valence-corrected chi connectivity index (χ2v) is 5.56. The fraction of sp³-hybridized carbons (Fsp3) is 0.111. The van der Waals surface area contributed by atoms with E-state index in [1.54, 1.807) is 24.3 Å². The number of anilines is 1. The fourth-order valence-corrected chi connectivity index (χ4v) is 2.37. The molecule has 0 aliphatic heterocycles. The van der Waals surface area contributed by atoms with Crippen LogP contribution in [-0.4, -0.2) is 28.0 Å². The number of esters is 1. The van der Waals surface area contributed by atoms with Gasteiger partial charge in [-0.05, 0) is 24.3 Å². The molecule has 0 saturated heterocycles. The number of rotatable bonds is 5. The molecule has 1 heterocycles. The maximum atomic E-state index is 13.1. The summed E-state index contributed by atoms with van der Waals surface area (Å²) >= 11 is 0. The third kappa shape index (κ3) is 4.51. The van der Waals surface area contributed by atoms with E-state index in [1.165, 1.54) is 6.33 Å². The Morgan fingerprint density at radius 3 is 2.56 bits per heavy atom. The van der Waals surface area contributed by atoms with E-state index in [2.05, 4.69) is 10.3 Å². The molecule has 9 heteroatoms. The van der Waals surface area contributed by atoms with Gasteiger partial charge in [0.1, 0.15) is 18.2 Å². The Balaban J connectivity index is 1.59. The Bertz CT molecular complexity index is 1060. The van der Waals surface area contributed by atoms with E-state index < -0.39 is 42.2 Å². The van der Waals surface area contributed by atoms with E-state index >= 15 is 0 Å². The van der Waals surface area contributed by atoms with Crippen molar-refractivity contribution in [2.75, 3.05) is 11.9 Å². The molecule has 3 rings (SSSR count). The average Bonchev–Trinajstić information content (AvgIpc) is 2.62. The molecule has 1 aromatic heterocycles. The molecular weight excluding hydrogens is 360 g/mol. The highest BCUT2D eigenvalue weighted by Crippen LogP contribution is 2.12. The number of carbonyl (C=O) groups is 2. The lowest BCUT2D eigenvalue weighted by atomic mass is 10.2. The zero-order chi connectivity index (χ0) is 19.4. The molecule has 2 aromatic carbocycles. The van der Waals surface area contributed by atoms with Crippen LogP contribution in [0.5, 0.6) is 0 Å². The molecule has 0 bridgehead atoms. The predicted octanol–water partition coefficient (Wildman–Crippen LogP) is 1.86. The zero-order valence-electron chi connectivity index (χ0n) is 13.8. The molecule has 0 unspecified atom stereocenters. The summed E-state index contributed by atoms with van der Waals surface area (Å²) in [6.07, 6.45) is 1.21. The number of hydrogen-bond acceptors (Lipinski definition) is 5. The molecule has 0 atom stereocenters. The van der Waals surface area contributed by atoms with Gasteiger partial charge >= 0.3 is 5.97 Å². The van der Waals surface area contributed by atoms with Crippen molar-refractivity contribution < 1.29 is 23.1 Å². The Labute approximate surface area is 151 Å². The molecule has 0 spiro atoms. The van der Waals surface area contributed by atoms with E-state index in [0.29, 0.717) is 17.0 Å². The molecule has 138 valence electrons. The highest BCUT2D eigenvalue weighted by Gasteiger charge is 2.12. The van der Waals surface area contributed by atoms with Crippen LogP contribution in [0.3, 0.4) is 0 Å². The standard InChI is InChI=1S/C18H13F2N3O4/c19-11-5-12(20)7-13(6-11)22-16(24)9-27-17(25)8-23-10-21-15-4-2-1-3-14(15)18(23)26/h1-7,10H,8-9H2,(H,22,24). The largest absolute Gasteiger partial charge is 0.454 e. The summed E-state index contributed by atoms with van der Waals surface area (Å²) in [5, 5.41) is 2.55. The lowest BCUT2D eigenvalue weighted by Gasteiger charge is -2.08. The number of halogens is 2. The monoisotopic (exact) mass is 373 g/mol. The van der Waals surface area contributed by atoms with Crippen LogP contribution in [0.1, 0.15) is 0 Å². The van der Waals surface area contributed by atoms with Crippen molar-refractivity contribution in [3.63, 3.8) is 0 Å². The smallest absolute Gasteiger partial charge is 0.326 e. The Kier molecular flexibility index (Phi) is 5.20. The molecule has 1 N–H and O–H groups in total. The van der Waals surface area contributed by atoms with E-state index in [-0.39, 0.29) is 5.69 Å². The lowest BCUT2D eigenvalue weighted by Crippen LogP contribution is -2.28. The highest BCUT2D eigenvalue weighted by atomic mass is 19.1. The first kappa shape index (κ1) is 18.2. The number of amides is 1. The first-order chi connectivity index (χ1) is 12.9. The molecular formula is C18H13F2N3O4. The number of para-hydroxylation sites is 1. The quantitative estimate of drug-likeness (QED) is 0.690. The van der Waals surface area contributed by atoms with E-state index in [1.807, 2.05) is 0 Å². The van der Waals surface area contributed by atoms with E-state index in [4.69, 9.17) is 4.74 Å². The van der Waals surface area contributed by atoms with E-state index in [9.17, 15) is 23.2 Å². The third-order valence-electron chi connectivity index (χ3n) is 3.54. The fourth-order valence-electron chi connectivity index (χ4n) is 2.37. The van der Waals surface area contributed by atoms with Gasteiger partial charge in [-0.1, -0.05) is 12.1 Å². The van der Waals surface area contributed by atoms with Gasteiger partial charge in [0.15, 0.2) is 6.61 Å². The first-order valence-corrected chi connectivity index (χ1v) is 7.78. The van der Waals surface area contributed by atoms with Gasteiger partial charge in [0.25, 0.3) is 11.5 Å². The van der Waals surface area contributed by atoms with Crippen molar-refractivity contribution in [2.24, 2.45) is 0 Å². The van der Waals surface area contributed by atoms with Crippen LogP contribution in [0.15, 0.2) is 53.6 Å². The van der Waals surface area contributed by atoms with Gasteiger partial charge in [0, 0.05) is 11.8 Å². The lowest BCUT2D eigenvalue weighted by molar-refractivity contribution is -0.147. The van der Waals surface area contributed by atoms with Crippen LogP contribution >= 0.6 is 0 Å². The normalized spacial score (nSPS) is 10.6. The van der Waals surface area contributed by atoms with Crippen molar-refractivity contribution in [2.45, 2.75) is 6.54 Å². The van der Waals surface area contributed by atoms with Gasteiger partial charge in [-0.25, -0.2) is 13.8 Å². The molecule has 7 nitrogen and oxygen atoms in total. The number of fused-ring (bicyclic) bond motifs is 1. The molecule has 0 radical (unpaired) electrons. The van der Waals surface area contributed by atoms with Gasteiger partial charge in [0.2, 0.25) is 0 Å². The highest BCUT2D eigenvalue weighted by molar-refractivity contribution is 5.92. The average molecular weight is 373 g/mol. The van der Waals surface area contributed by atoms with Crippen LogP contribution in [0.4, 0.5) is 14.5 Å². The number of benzene rings is 2. The molecule has 27 heavy (non-hydrogen) atoms. The van der Waals surface area contributed by atoms with Crippen molar-refractivity contribution in [3.8, 4) is 0 Å². The topological polar surface area (TPSA) is 90.3 Å². The summed E-state index contributed by atoms with van der Waals surface area (Å²) in [4.78, 5) is 39.9. The van der Waals surface area contributed by atoms with Crippen molar-refractivity contribution in [1.82, 2.24) is 9.55 Å². The Hall–Kier alpha value is -3.62. The van der Waals surface area contributed by atoms with Crippen molar-refractivity contribution >= 4 is 28.5 Å². The minimum absolute atomic E-state index is 0.108. The van der Waals surface area contributed by atoms with Gasteiger partial charge in [-0.15, -0.1) is 0 Å². The minimum atomic E-state index is -0.856. The number of nitrogens with one attached hydrogen (secondary N) is 1. The number of hydrogen-bond donors (Lipinski definition) is 1. The van der Waals surface area contributed by atoms with Gasteiger partial charge < -0.3 is 10.1 Å². The summed E-state index contributed by atoms with van der Waals surface area (Å²) in [6, 6.07) is 9.15. The van der Waals surface area contributed by atoms with Crippen LogP contribution in [0.2, 0.25) is 0 Å². The van der Waals surface area contributed by atoms with E-state index in [0.717, 1.165) is 16.7 Å². The molecule has 0 aliphatic rings. The first-order valence-electron chi connectivity index (χ1n) is 7.78. The number of nitrogens with zero attached hydrogens (tertiary/aromatic N) is 2. The summed E-state index contributed by atoms with van der Waals surface area (Å²) in [6.45, 7) is -1.11. The van der Waals surface area contributed by atoms with Gasteiger partial charge in [-0.2, -0.15) is 0 Å². The molecule has 3 aromatic rings. The summed E-state index contributed by atoms with van der Waals surface area (Å²) in [5.74, 6) is -3.33. The molecule has 0 saturated carbocycles. The Morgan fingerprint density at radius 1 is 1.11 bits per heavy atom. The van der Waals surface area contributed by atoms with Crippen molar-refractivity contribution in [1.29, 1.82) is 0 Å². The summed E-state index contributed by atoms with van der Waals surface area (Å²) in [7, 11) is 0. The second kappa shape index (κ2) is 7.73. The SMILES string of the molecule is O=C(COC(=O)Cn1cnc2ccccc2c1=O)Nc1cc(F)cc(F)c1. The number of carbonyl (C=O) groups excluding carboxylic acids is 2. The van der Waals surface area contributed by atoms with Crippen LogP contribution < -0.4 is 10.9 Å². The number of ether oxygens (including phenoxy) is 1. The maximum absolute atomic E-state index is 13.1. The summed E-state index contributed by atoms with van der Waals surface area (Å²) in [5.41, 5.74) is -0.0328. The zero-order valence-corrected chi connectivity index (χ0v) is 13.8. The Morgan fingerprint density at radius 2 is 1.81 bits per heavy atom. The van der Waals surface area contributed by atoms with Crippen LogP contribution in [-0.2, 0) is 20.9 Å². The molecule has 0 fully saturated rings. The van der Waals surface area contributed by atoms with Crippen LogP contribution in [0, 0.1) is 11.6 Å².